The van der Waals surface area contributed by atoms with Gasteiger partial charge in [0.25, 0.3) is 6.71 Å². The molecule has 3 aliphatic rings. The van der Waals surface area contributed by atoms with Crippen molar-refractivity contribution >= 4 is 88.7 Å². The van der Waals surface area contributed by atoms with Crippen LogP contribution >= 0.6 is 11.3 Å². The molecule has 0 atom stereocenters. The zero-order valence-corrected chi connectivity index (χ0v) is 37.3. The Kier molecular flexibility index (Phi) is 8.09. The normalized spacial score (nSPS) is 16.1. The van der Waals surface area contributed by atoms with E-state index < -0.39 is 0 Å². The van der Waals surface area contributed by atoms with Crippen LogP contribution in [-0.4, -0.2) is 6.71 Å². The molecule has 0 saturated carbocycles. The van der Waals surface area contributed by atoms with Crippen molar-refractivity contribution in [3.05, 3.63) is 161 Å². The predicted octanol–water partition coefficient (Wildman–Crippen LogP) is 14.1. The Morgan fingerprint density at radius 3 is 1.90 bits per heavy atom. The van der Waals surface area contributed by atoms with Crippen molar-refractivity contribution in [2.24, 2.45) is 0 Å². The first-order valence-electron chi connectivity index (χ1n) is 21.8. The SMILES string of the molecule is Cc1cc2c3c(c1)N(c1cccc4c1sc1ccccc14)c1cc4c(cc1B3c1ccc(-c3ccccc3)cc1N2c1ccc(C(C)(C)C)cc1C)C(C)(C)CCC4(C)C. The van der Waals surface area contributed by atoms with Gasteiger partial charge in [0.2, 0.25) is 0 Å². The molecular formula is C56H53BN2S. The first-order chi connectivity index (χ1) is 28.7. The number of aryl methyl sites for hydroxylation is 2. The van der Waals surface area contributed by atoms with Crippen LogP contribution in [-0.2, 0) is 16.2 Å². The van der Waals surface area contributed by atoms with Gasteiger partial charge in [-0.2, -0.15) is 0 Å². The predicted molar refractivity (Wildman–Crippen MR) is 262 cm³/mol. The van der Waals surface area contributed by atoms with Crippen LogP contribution < -0.4 is 26.2 Å². The lowest BCUT2D eigenvalue weighted by Gasteiger charge is -2.47. The Balaban J connectivity index is 1.27. The van der Waals surface area contributed by atoms with Crippen molar-refractivity contribution in [3.63, 3.8) is 0 Å². The van der Waals surface area contributed by atoms with E-state index >= 15 is 0 Å². The molecule has 0 N–H and O–H groups in total. The molecule has 0 fully saturated rings. The van der Waals surface area contributed by atoms with Crippen LogP contribution in [0.2, 0.25) is 0 Å². The molecule has 2 aliphatic heterocycles. The Morgan fingerprint density at radius 2 is 1.18 bits per heavy atom. The number of nitrogens with zero attached hydrogens (tertiary/aromatic N) is 2. The van der Waals surface area contributed by atoms with Crippen molar-refractivity contribution in [3.8, 4) is 11.1 Å². The van der Waals surface area contributed by atoms with E-state index in [1.165, 1.54) is 122 Å². The first kappa shape index (κ1) is 37.4. The van der Waals surface area contributed by atoms with Gasteiger partial charge in [-0.3, -0.25) is 0 Å². The van der Waals surface area contributed by atoms with Gasteiger partial charge in [0, 0.05) is 43.9 Å². The molecule has 0 spiro atoms. The van der Waals surface area contributed by atoms with Crippen LogP contribution in [0.15, 0.2) is 133 Å². The van der Waals surface area contributed by atoms with Gasteiger partial charge in [-0.05, 0) is 141 Å². The van der Waals surface area contributed by atoms with E-state index in [2.05, 4.69) is 206 Å². The lowest BCUT2D eigenvalue weighted by molar-refractivity contribution is 0.332. The maximum Gasteiger partial charge on any atom is 0.252 e. The summed E-state index contributed by atoms with van der Waals surface area (Å²) in [6, 6.07) is 51.5. The second-order valence-corrected chi connectivity index (χ2v) is 21.2. The molecule has 60 heavy (non-hydrogen) atoms. The summed E-state index contributed by atoms with van der Waals surface area (Å²) in [5.74, 6) is 0. The number of hydrogen-bond acceptors (Lipinski definition) is 3. The van der Waals surface area contributed by atoms with Gasteiger partial charge in [0.05, 0.1) is 10.4 Å². The lowest BCUT2D eigenvalue weighted by Crippen LogP contribution is -2.62. The Bertz CT molecular complexity index is 3070. The van der Waals surface area contributed by atoms with Crippen molar-refractivity contribution < 1.29 is 0 Å². The van der Waals surface area contributed by atoms with Gasteiger partial charge >= 0.3 is 0 Å². The zero-order valence-electron chi connectivity index (χ0n) is 36.5. The average molecular weight is 797 g/mol. The summed E-state index contributed by atoms with van der Waals surface area (Å²) in [6.45, 7) is 21.5. The minimum atomic E-state index is 0.0521. The standard InChI is InChI=1S/C56H53BN2S/c1-34-28-49-52-50(29-34)59(46-20-15-19-40-39-18-13-14-21-51(39)60-53(40)46)48-33-42-41(55(6,7)26-27-56(42,8)9)32-44(48)57(52)43-24-22-37(36-16-11-10-12-17-36)31-47(43)58(49)45-25-23-38(30-35(45)2)54(3,4)5/h10-25,28-33H,26-27H2,1-9H3. The van der Waals surface area contributed by atoms with E-state index in [1.807, 2.05) is 11.3 Å². The third-order valence-corrected chi connectivity index (χ3v) is 15.4. The summed E-state index contributed by atoms with van der Waals surface area (Å²) >= 11 is 1.93. The van der Waals surface area contributed by atoms with Crippen molar-refractivity contribution in [1.29, 1.82) is 0 Å². The zero-order chi connectivity index (χ0) is 41.5. The molecule has 296 valence electrons. The Labute approximate surface area is 360 Å². The lowest BCUT2D eigenvalue weighted by atomic mass is 9.33. The van der Waals surface area contributed by atoms with Gasteiger partial charge in [-0.1, -0.05) is 139 Å². The maximum absolute atomic E-state index is 2.67. The van der Waals surface area contributed by atoms with Crippen LogP contribution in [0.3, 0.4) is 0 Å². The summed E-state index contributed by atoms with van der Waals surface area (Å²) in [5.41, 5.74) is 21.4. The maximum atomic E-state index is 2.67. The largest absolute Gasteiger partial charge is 0.311 e. The second kappa shape index (κ2) is 13.0. The number of benzene rings is 7. The molecule has 7 aromatic carbocycles. The molecule has 1 aromatic heterocycles. The van der Waals surface area contributed by atoms with Crippen molar-refractivity contribution in [2.75, 3.05) is 9.80 Å². The highest BCUT2D eigenvalue weighted by Gasteiger charge is 2.47. The van der Waals surface area contributed by atoms with E-state index in [4.69, 9.17) is 0 Å². The molecular weight excluding hydrogens is 744 g/mol. The summed E-state index contributed by atoms with van der Waals surface area (Å²) < 4.78 is 2.67. The smallest absolute Gasteiger partial charge is 0.252 e. The van der Waals surface area contributed by atoms with E-state index in [1.54, 1.807) is 0 Å². The number of hydrogen-bond donors (Lipinski definition) is 0. The van der Waals surface area contributed by atoms with Crippen LogP contribution in [0.5, 0.6) is 0 Å². The summed E-state index contributed by atoms with van der Waals surface area (Å²) in [6.07, 6.45) is 2.35. The third-order valence-electron chi connectivity index (χ3n) is 14.2. The number of fused-ring (bicyclic) bond motifs is 8. The third kappa shape index (κ3) is 5.52. The molecule has 8 aromatic rings. The Morgan fingerprint density at radius 1 is 0.533 bits per heavy atom. The fraction of sp³-hybridized carbons (Fsp3) is 0.250. The second-order valence-electron chi connectivity index (χ2n) is 20.2. The average Bonchev–Trinajstić information content (AvgIpc) is 3.61. The van der Waals surface area contributed by atoms with E-state index in [9.17, 15) is 0 Å². The highest BCUT2D eigenvalue weighted by atomic mass is 32.1. The molecule has 0 radical (unpaired) electrons. The van der Waals surface area contributed by atoms with Crippen molar-refractivity contribution in [1.82, 2.24) is 0 Å². The molecule has 3 heterocycles. The summed E-state index contributed by atoms with van der Waals surface area (Å²) in [5, 5.41) is 2.66. The summed E-state index contributed by atoms with van der Waals surface area (Å²) in [4.78, 5) is 5.28. The summed E-state index contributed by atoms with van der Waals surface area (Å²) in [7, 11) is 0. The monoisotopic (exact) mass is 796 g/mol. The topological polar surface area (TPSA) is 6.48 Å². The molecule has 4 heteroatoms. The van der Waals surface area contributed by atoms with Gasteiger partial charge in [-0.15, -0.1) is 11.3 Å². The fourth-order valence-electron chi connectivity index (χ4n) is 10.8. The molecule has 0 unspecified atom stereocenters. The first-order valence-corrected chi connectivity index (χ1v) is 22.7. The quantitative estimate of drug-likeness (QED) is 0.164. The van der Waals surface area contributed by atoms with Crippen LogP contribution in [0.4, 0.5) is 34.1 Å². The number of rotatable bonds is 3. The Hall–Kier alpha value is -5.58. The minimum absolute atomic E-state index is 0.0521. The fourth-order valence-corrected chi connectivity index (χ4v) is 12.0. The van der Waals surface area contributed by atoms with E-state index in [0.29, 0.717) is 0 Å². The van der Waals surface area contributed by atoms with E-state index in [-0.39, 0.29) is 23.0 Å². The van der Waals surface area contributed by atoms with Gasteiger partial charge < -0.3 is 9.80 Å². The molecule has 2 nitrogen and oxygen atoms in total. The molecule has 0 amide bonds. The van der Waals surface area contributed by atoms with Crippen molar-refractivity contribution in [2.45, 2.75) is 91.4 Å². The van der Waals surface area contributed by atoms with Gasteiger partial charge in [-0.25, -0.2) is 0 Å². The number of anilines is 6. The minimum Gasteiger partial charge on any atom is -0.311 e. The highest BCUT2D eigenvalue weighted by Crippen LogP contribution is 2.52. The van der Waals surface area contributed by atoms with Crippen LogP contribution in [0.25, 0.3) is 31.3 Å². The van der Waals surface area contributed by atoms with Gasteiger partial charge in [0.15, 0.2) is 0 Å². The van der Waals surface area contributed by atoms with Crippen LogP contribution in [0.1, 0.15) is 89.1 Å². The van der Waals surface area contributed by atoms with E-state index in [0.717, 1.165) is 0 Å². The molecule has 0 saturated heterocycles. The van der Waals surface area contributed by atoms with Gasteiger partial charge in [0.1, 0.15) is 0 Å². The van der Waals surface area contributed by atoms with Crippen LogP contribution in [0, 0.1) is 13.8 Å². The number of thiophene rings is 1. The molecule has 0 bridgehead atoms. The highest BCUT2D eigenvalue weighted by molar-refractivity contribution is 7.26. The molecule has 11 rings (SSSR count). The molecule has 1 aliphatic carbocycles.